The van der Waals surface area contributed by atoms with E-state index in [2.05, 4.69) is 10.3 Å². The van der Waals surface area contributed by atoms with Gasteiger partial charge in [-0.1, -0.05) is 12.1 Å². The summed E-state index contributed by atoms with van der Waals surface area (Å²) in [7, 11) is 0. The highest BCUT2D eigenvalue weighted by Crippen LogP contribution is 2.20. The molecule has 1 aromatic heterocycles. The molecule has 0 bridgehead atoms. The average Bonchev–Trinajstić information content (AvgIpc) is 2.41. The van der Waals surface area contributed by atoms with Gasteiger partial charge in [0.2, 0.25) is 0 Å². The predicted octanol–water partition coefficient (Wildman–Crippen LogP) is 2.87. The number of halogens is 1. The second kappa shape index (κ2) is 5.48. The number of carbonyl (C=O) groups excluding carboxylic acids is 1. The Labute approximate surface area is 114 Å². The molecule has 0 fully saturated rings. The number of ketones is 1. The molecule has 5 nitrogen and oxygen atoms in total. The van der Waals surface area contributed by atoms with Crippen LogP contribution in [0.4, 0.5) is 15.9 Å². The van der Waals surface area contributed by atoms with E-state index in [1.54, 1.807) is 24.3 Å². The molecule has 0 unspecified atom stereocenters. The van der Waals surface area contributed by atoms with E-state index in [-0.39, 0.29) is 17.2 Å². The fourth-order valence-electron chi connectivity index (χ4n) is 1.65. The lowest BCUT2D eigenvalue weighted by molar-refractivity contribution is 0.0696. The number of anilines is 2. The number of carbonyl (C=O) groups is 2. The van der Waals surface area contributed by atoms with Crippen molar-refractivity contribution >= 4 is 23.3 Å². The summed E-state index contributed by atoms with van der Waals surface area (Å²) in [5, 5.41) is 11.8. The first-order valence-electron chi connectivity index (χ1n) is 5.74. The van der Waals surface area contributed by atoms with Gasteiger partial charge in [-0.05, 0) is 25.1 Å². The normalized spacial score (nSPS) is 10.1. The SMILES string of the molecule is CC(=O)c1cccc(Nc2ncc(F)cc2C(=O)O)c1. The molecule has 0 amide bonds. The number of benzene rings is 1. The molecule has 0 aliphatic carbocycles. The van der Waals surface area contributed by atoms with Gasteiger partial charge in [-0.15, -0.1) is 0 Å². The quantitative estimate of drug-likeness (QED) is 0.838. The molecule has 2 N–H and O–H groups in total. The van der Waals surface area contributed by atoms with Crippen LogP contribution in [-0.2, 0) is 0 Å². The minimum Gasteiger partial charge on any atom is -0.478 e. The first-order valence-corrected chi connectivity index (χ1v) is 5.74. The minimum absolute atomic E-state index is 0.0135. The second-order valence-electron chi connectivity index (χ2n) is 4.12. The molecule has 6 heteroatoms. The van der Waals surface area contributed by atoms with Crippen LogP contribution in [-0.4, -0.2) is 21.8 Å². The topological polar surface area (TPSA) is 79.3 Å². The molecule has 0 aliphatic heterocycles. The smallest absolute Gasteiger partial charge is 0.339 e. The first kappa shape index (κ1) is 13.7. The van der Waals surface area contributed by atoms with Crippen LogP contribution >= 0.6 is 0 Å². The van der Waals surface area contributed by atoms with E-state index in [0.29, 0.717) is 11.3 Å². The minimum atomic E-state index is -1.29. The highest BCUT2D eigenvalue weighted by molar-refractivity contribution is 5.96. The van der Waals surface area contributed by atoms with Gasteiger partial charge >= 0.3 is 5.97 Å². The van der Waals surface area contributed by atoms with Crippen molar-refractivity contribution < 1.29 is 19.1 Å². The van der Waals surface area contributed by atoms with Crippen molar-refractivity contribution in [2.24, 2.45) is 0 Å². The standard InChI is InChI=1S/C14H11FN2O3/c1-8(18)9-3-2-4-11(5-9)17-13-12(14(19)20)6-10(15)7-16-13/h2-7H,1H3,(H,16,17)(H,19,20). The Hall–Kier alpha value is -2.76. The van der Waals surface area contributed by atoms with Gasteiger partial charge in [0.15, 0.2) is 5.78 Å². The molecule has 0 spiro atoms. The Kier molecular flexibility index (Phi) is 3.74. The van der Waals surface area contributed by atoms with Gasteiger partial charge in [0.25, 0.3) is 0 Å². The van der Waals surface area contributed by atoms with Crippen LogP contribution in [0.15, 0.2) is 36.5 Å². The number of nitrogens with one attached hydrogen (secondary N) is 1. The van der Waals surface area contributed by atoms with Crippen LogP contribution in [0.5, 0.6) is 0 Å². The number of nitrogens with zero attached hydrogens (tertiary/aromatic N) is 1. The number of carboxylic acid groups (broad SMARTS) is 1. The van der Waals surface area contributed by atoms with E-state index < -0.39 is 11.8 Å². The van der Waals surface area contributed by atoms with Crippen molar-refractivity contribution in [3.05, 3.63) is 53.5 Å². The summed E-state index contributed by atoms with van der Waals surface area (Å²) in [5.74, 6) is -2.12. The fraction of sp³-hybridized carbons (Fsp3) is 0.0714. The summed E-state index contributed by atoms with van der Waals surface area (Å²) in [6.45, 7) is 1.43. The molecule has 20 heavy (non-hydrogen) atoms. The summed E-state index contributed by atoms with van der Waals surface area (Å²) in [6, 6.07) is 7.40. The summed E-state index contributed by atoms with van der Waals surface area (Å²) in [6.07, 6.45) is 0.920. The zero-order chi connectivity index (χ0) is 14.7. The molecule has 0 saturated heterocycles. The number of hydrogen-bond donors (Lipinski definition) is 2. The lowest BCUT2D eigenvalue weighted by Crippen LogP contribution is -2.06. The monoisotopic (exact) mass is 274 g/mol. The molecule has 0 radical (unpaired) electrons. The first-order chi connectivity index (χ1) is 9.47. The van der Waals surface area contributed by atoms with Crippen LogP contribution in [0.3, 0.4) is 0 Å². The molecule has 0 saturated carbocycles. The second-order valence-corrected chi connectivity index (χ2v) is 4.12. The summed E-state index contributed by atoms with van der Waals surface area (Å²) < 4.78 is 13.0. The predicted molar refractivity (Wildman–Crippen MR) is 70.9 cm³/mol. The molecule has 0 atom stereocenters. The summed E-state index contributed by atoms with van der Waals surface area (Å²) in [5.41, 5.74) is 0.700. The maximum absolute atomic E-state index is 13.0. The zero-order valence-electron chi connectivity index (χ0n) is 10.6. The number of Topliss-reactive ketones (excluding diaryl/α,β-unsaturated/α-hetero) is 1. The van der Waals surface area contributed by atoms with Crippen LogP contribution in [0.1, 0.15) is 27.6 Å². The van der Waals surface area contributed by atoms with Crippen molar-refractivity contribution in [2.45, 2.75) is 6.92 Å². The lowest BCUT2D eigenvalue weighted by atomic mass is 10.1. The van der Waals surface area contributed by atoms with Crippen LogP contribution < -0.4 is 5.32 Å². The number of carboxylic acids is 1. The molecular weight excluding hydrogens is 263 g/mol. The number of rotatable bonds is 4. The maximum Gasteiger partial charge on any atom is 0.339 e. The van der Waals surface area contributed by atoms with Crippen LogP contribution in [0.2, 0.25) is 0 Å². The molecule has 1 aromatic carbocycles. The van der Waals surface area contributed by atoms with E-state index in [9.17, 15) is 14.0 Å². The third-order valence-corrected chi connectivity index (χ3v) is 2.62. The van der Waals surface area contributed by atoms with Crippen molar-refractivity contribution in [3.8, 4) is 0 Å². The highest BCUT2D eigenvalue weighted by Gasteiger charge is 2.13. The summed E-state index contributed by atoms with van der Waals surface area (Å²) >= 11 is 0. The van der Waals surface area contributed by atoms with E-state index >= 15 is 0 Å². The molecule has 102 valence electrons. The third kappa shape index (κ3) is 2.97. The van der Waals surface area contributed by atoms with Gasteiger partial charge < -0.3 is 10.4 Å². The van der Waals surface area contributed by atoms with Crippen molar-refractivity contribution in [3.63, 3.8) is 0 Å². The highest BCUT2D eigenvalue weighted by atomic mass is 19.1. The Bertz CT molecular complexity index is 686. The molecule has 0 aliphatic rings. The Balaban J connectivity index is 2.37. The Morgan fingerprint density at radius 2 is 2.05 bits per heavy atom. The number of aromatic nitrogens is 1. The third-order valence-electron chi connectivity index (χ3n) is 2.62. The van der Waals surface area contributed by atoms with Crippen LogP contribution in [0.25, 0.3) is 0 Å². The largest absolute Gasteiger partial charge is 0.478 e. The van der Waals surface area contributed by atoms with Gasteiger partial charge in [0.1, 0.15) is 17.2 Å². The van der Waals surface area contributed by atoms with Crippen molar-refractivity contribution in [1.29, 1.82) is 0 Å². The van der Waals surface area contributed by atoms with E-state index in [1.165, 1.54) is 6.92 Å². The number of aromatic carboxylic acids is 1. The lowest BCUT2D eigenvalue weighted by Gasteiger charge is -2.09. The maximum atomic E-state index is 13.0. The zero-order valence-corrected chi connectivity index (χ0v) is 10.6. The molecule has 1 heterocycles. The van der Waals surface area contributed by atoms with Crippen LogP contribution in [0, 0.1) is 5.82 Å². The van der Waals surface area contributed by atoms with Gasteiger partial charge in [0.05, 0.1) is 6.20 Å². The van der Waals surface area contributed by atoms with E-state index in [4.69, 9.17) is 5.11 Å². The molecule has 2 rings (SSSR count). The fourth-order valence-corrected chi connectivity index (χ4v) is 1.65. The van der Waals surface area contributed by atoms with Gasteiger partial charge in [-0.2, -0.15) is 0 Å². The molecular formula is C14H11FN2O3. The Morgan fingerprint density at radius 3 is 2.70 bits per heavy atom. The van der Waals surface area contributed by atoms with E-state index in [1.807, 2.05) is 0 Å². The van der Waals surface area contributed by atoms with Gasteiger partial charge in [-0.3, -0.25) is 4.79 Å². The Morgan fingerprint density at radius 1 is 1.30 bits per heavy atom. The van der Waals surface area contributed by atoms with Gasteiger partial charge in [-0.25, -0.2) is 14.2 Å². The number of pyridine rings is 1. The summed E-state index contributed by atoms with van der Waals surface area (Å²) in [4.78, 5) is 26.0. The van der Waals surface area contributed by atoms with E-state index in [0.717, 1.165) is 12.3 Å². The molecule has 2 aromatic rings. The van der Waals surface area contributed by atoms with Crippen molar-refractivity contribution in [2.75, 3.05) is 5.32 Å². The average molecular weight is 274 g/mol. The van der Waals surface area contributed by atoms with Gasteiger partial charge in [0, 0.05) is 11.3 Å². The number of hydrogen-bond acceptors (Lipinski definition) is 4. The van der Waals surface area contributed by atoms with Crippen molar-refractivity contribution in [1.82, 2.24) is 4.98 Å².